The van der Waals surface area contributed by atoms with Crippen LogP contribution >= 0.6 is 0 Å². The molecule has 5 nitrogen and oxygen atoms in total. The maximum Gasteiger partial charge on any atom is 0.414 e. The Morgan fingerprint density at radius 1 is 1.45 bits per heavy atom. The summed E-state index contributed by atoms with van der Waals surface area (Å²) in [5.74, 6) is 0. The molecule has 2 N–H and O–H groups in total. The number of hydrogen-bond donors (Lipinski definition) is 2. The molecular formula is C15H22N2O3. The number of nitrogens with one attached hydrogen (secondary N) is 1. The summed E-state index contributed by atoms with van der Waals surface area (Å²) in [6, 6.07) is 5.88. The standard InChI is InChI=1S/C15H22N2O3/c1-15(2,3)20-14(18)17-9-5-8-11-6-4-7-12(10-16-19)13(11)17/h4,6-7,16,19H,5,8-10H2,1-3H3. The minimum Gasteiger partial charge on any atom is -0.443 e. The summed E-state index contributed by atoms with van der Waals surface area (Å²) in [7, 11) is 0. The molecule has 0 saturated carbocycles. The minimum atomic E-state index is -0.515. The van der Waals surface area contributed by atoms with Gasteiger partial charge >= 0.3 is 6.09 Å². The Morgan fingerprint density at radius 3 is 2.85 bits per heavy atom. The highest BCUT2D eigenvalue weighted by Gasteiger charge is 2.28. The molecule has 1 aliphatic rings. The topological polar surface area (TPSA) is 61.8 Å². The Balaban J connectivity index is 2.33. The van der Waals surface area contributed by atoms with E-state index in [2.05, 4.69) is 5.48 Å². The van der Waals surface area contributed by atoms with Crippen LogP contribution in [-0.4, -0.2) is 23.4 Å². The van der Waals surface area contributed by atoms with E-state index in [-0.39, 0.29) is 6.09 Å². The number of anilines is 1. The van der Waals surface area contributed by atoms with Crippen LogP contribution in [-0.2, 0) is 17.7 Å². The highest BCUT2D eigenvalue weighted by atomic mass is 16.6. The van der Waals surface area contributed by atoms with Crippen molar-refractivity contribution in [2.45, 2.75) is 45.8 Å². The summed E-state index contributed by atoms with van der Waals surface area (Å²) in [4.78, 5) is 14.0. The molecule has 0 aromatic heterocycles. The van der Waals surface area contributed by atoms with Crippen LogP contribution in [0.4, 0.5) is 10.5 Å². The van der Waals surface area contributed by atoms with E-state index in [4.69, 9.17) is 9.94 Å². The number of hydroxylamine groups is 1. The van der Waals surface area contributed by atoms with Crippen LogP contribution in [0.15, 0.2) is 18.2 Å². The summed E-state index contributed by atoms with van der Waals surface area (Å²) in [6.07, 6.45) is 1.53. The fraction of sp³-hybridized carbons (Fsp3) is 0.533. The quantitative estimate of drug-likeness (QED) is 0.817. The van der Waals surface area contributed by atoms with Gasteiger partial charge in [-0.2, -0.15) is 0 Å². The average molecular weight is 278 g/mol. The van der Waals surface area contributed by atoms with Gasteiger partial charge in [-0.3, -0.25) is 4.90 Å². The number of carbonyl (C=O) groups is 1. The van der Waals surface area contributed by atoms with Crippen LogP contribution in [0.3, 0.4) is 0 Å². The van der Waals surface area contributed by atoms with Crippen molar-refractivity contribution in [3.63, 3.8) is 0 Å². The van der Waals surface area contributed by atoms with Gasteiger partial charge in [0.15, 0.2) is 0 Å². The molecule has 20 heavy (non-hydrogen) atoms. The van der Waals surface area contributed by atoms with Gasteiger partial charge in [0.2, 0.25) is 0 Å². The lowest BCUT2D eigenvalue weighted by atomic mass is 9.98. The number of amides is 1. The van der Waals surface area contributed by atoms with Crippen molar-refractivity contribution in [1.82, 2.24) is 5.48 Å². The van der Waals surface area contributed by atoms with Crippen LogP contribution in [0.2, 0.25) is 0 Å². The Hall–Kier alpha value is -1.59. The van der Waals surface area contributed by atoms with Gasteiger partial charge < -0.3 is 9.94 Å². The van der Waals surface area contributed by atoms with E-state index in [9.17, 15) is 4.79 Å². The van der Waals surface area contributed by atoms with E-state index in [0.717, 1.165) is 29.7 Å². The van der Waals surface area contributed by atoms with E-state index in [1.165, 1.54) is 0 Å². The normalized spacial score (nSPS) is 14.9. The lowest BCUT2D eigenvalue weighted by Crippen LogP contribution is -2.40. The van der Waals surface area contributed by atoms with Crippen molar-refractivity contribution >= 4 is 11.8 Å². The van der Waals surface area contributed by atoms with Crippen LogP contribution < -0.4 is 10.4 Å². The highest BCUT2D eigenvalue weighted by Crippen LogP contribution is 2.32. The molecule has 0 unspecified atom stereocenters. The second-order valence-corrected chi connectivity index (χ2v) is 6.00. The molecule has 0 aliphatic carbocycles. The molecule has 0 saturated heterocycles. The monoisotopic (exact) mass is 278 g/mol. The lowest BCUT2D eigenvalue weighted by molar-refractivity contribution is 0.0577. The minimum absolute atomic E-state index is 0.308. The number of carbonyl (C=O) groups excluding carboxylic acids is 1. The maximum atomic E-state index is 12.4. The molecular weight excluding hydrogens is 256 g/mol. The van der Waals surface area contributed by atoms with Crippen LogP contribution in [0.1, 0.15) is 38.3 Å². The smallest absolute Gasteiger partial charge is 0.414 e. The summed E-state index contributed by atoms with van der Waals surface area (Å²) in [5, 5.41) is 8.95. The van der Waals surface area contributed by atoms with Crippen molar-refractivity contribution in [2.24, 2.45) is 0 Å². The molecule has 1 heterocycles. The lowest BCUT2D eigenvalue weighted by Gasteiger charge is -2.33. The molecule has 0 bridgehead atoms. The van der Waals surface area contributed by atoms with Crippen LogP contribution in [0.5, 0.6) is 0 Å². The van der Waals surface area contributed by atoms with E-state index < -0.39 is 5.60 Å². The van der Waals surface area contributed by atoms with Gasteiger partial charge in [-0.25, -0.2) is 10.3 Å². The largest absolute Gasteiger partial charge is 0.443 e. The van der Waals surface area contributed by atoms with Gasteiger partial charge in [0.1, 0.15) is 5.60 Å². The summed E-state index contributed by atoms with van der Waals surface area (Å²) in [6.45, 7) is 6.53. The molecule has 110 valence electrons. The van der Waals surface area contributed by atoms with E-state index in [1.54, 1.807) is 4.90 Å². The molecule has 1 amide bonds. The number of ether oxygens (including phenoxy) is 1. The number of hydrogen-bond acceptors (Lipinski definition) is 4. The van der Waals surface area contributed by atoms with E-state index in [1.807, 2.05) is 39.0 Å². The number of nitrogens with zero attached hydrogens (tertiary/aromatic N) is 1. The van der Waals surface area contributed by atoms with Crippen molar-refractivity contribution in [3.05, 3.63) is 29.3 Å². The van der Waals surface area contributed by atoms with E-state index in [0.29, 0.717) is 13.1 Å². The van der Waals surface area contributed by atoms with Crippen molar-refractivity contribution < 1.29 is 14.7 Å². The third-order valence-electron chi connectivity index (χ3n) is 3.18. The van der Waals surface area contributed by atoms with Crippen molar-refractivity contribution in [1.29, 1.82) is 0 Å². The first-order valence-corrected chi connectivity index (χ1v) is 6.90. The Bertz CT molecular complexity index is 494. The molecule has 1 aromatic carbocycles. The molecule has 1 aliphatic heterocycles. The molecule has 0 radical (unpaired) electrons. The molecule has 0 spiro atoms. The van der Waals surface area contributed by atoms with Gasteiger partial charge in [-0.1, -0.05) is 18.2 Å². The Labute approximate surface area is 119 Å². The Morgan fingerprint density at radius 2 is 2.20 bits per heavy atom. The summed E-state index contributed by atoms with van der Waals surface area (Å²) >= 11 is 0. The molecule has 0 fully saturated rings. The van der Waals surface area contributed by atoms with Crippen molar-refractivity contribution in [2.75, 3.05) is 11.4 Å². The molecule has 5 heteroatoms. The average Bonchev–Trinajstić information content (AvgIpc) is 2.36. The molecule has 0 atom stereocenters. The predicted molar refractivity (Wildman–Crippen MR) is 77.0 cm³/mol. The second kappa shape index (κ2) is 5.81. The number of fused-ring (bicyclic) bond motifs is 1. The third kappa shape index (κ3) is 3.29. The number of para-hydroxylation sites is 1. The summed E-state index contributed by atoms with van der Waals surface area (Å²) in [5.41, 5.74) is 4.54. The fourth-order valence-corrected chi connectivity index (χ4v) is 2.46. The van der Waals surface area contributed by atoms with Crippen LogP contribution in [0.25, 0.3) is 0 Å². The fourth-order valence-electron chi connectivity index (χ4n) is 2.46. The van der Waals surface area contributed by atoms with Gasteiger partial charge in [0.05, 0.1) is 5.69 Å². The van der Waals surface area contributed by atoms with Gasteiger partial charge in [-0.05, 0) is 44.7 Å². The number of rotatable bonds is 2. The second-order valence-electron chi connectivity index (χ2n) is 6.00. The summed E-state index contributed by atoms with van der Waals surface area (Å²) < 4.78 is 5.47. The highest BCUT2D eigenvalue weighted by molar-refractivity contribution is 5.90. The SMILES string of the molecule is CC(C)(C)OC(=O)N1CCCc2cccc(CNO)c21. The zero-order chi connectivity index (χ0) is 14.8. The predicted octanol–water partition coefficient (Wildman–Crippen LogP) is 2.85. The Kier molecular flexibility index (Phi) is 4.30. The zero-order valence-corrected chi connectivity index (χ0v) is 12.3. The number of benzene rings is 1. The molecule has 2 rings (SSSR count). The van der Waals surface area contributed by atoms with Gasteiger partial charge in [0, 0.05) is 13.1 Å². The van der Waals surface area contributed by atoms with Gasteiger partial charge in [0.25, 0.3) is 0 Å². The van der Waals surface area contributed by atoms with Crippen LogP contribution in [0, 0.1) is 0 Å². The zero-order valence-electron chi connectivity index (χ0n) is 12.3. The first kappa shape index (κ1) is 14.8. The van der Waals surface area contributed by atoms with Gasteiger partial charge in [-0.15, -0.1) is 0 Å². The third-order valence-corrected chi connectivity index (χ3v) is 3.18. The number of aryl methyl sites for hydroxylation is 1. The van der Waals surface area contributed by atoms with E-state index >= 15 is 0 Å². The maximum absolute atomic E-state index is 12.4. The first-order chi connectivity index (χ1) is 9.42. The first-order valence-electron chi connectivity index (χ1n) is 6.90. The molecule has 1 aromatic rings. The van der Waals surface area contributed by atoms with Crippen molar-refractivity contribution in [3.8, 4) is 0 Å².